The highest BCUT2D eigenvalue weighted by Gasteiger charge is 2.23. The summed E-state index contributed by atoms with van der Waals surface area (Å²) in [5.41, 5.74) is 0.652. The monoisotopic (exact) mass is 358 g/mol. The smallest absolute Gasteiger partial charge is 0.253 e. The third-order valence-electron chi connectivity index (χ3n) is 4.38. The summed E-state index contributed by atoms with van der Waals surface area (Å²) in [6, 6.07) is 11.1. The summed E-state index contributed by atoms with van der Waals surface area (Å²) in [5, 5.41) is 1.99. The third-order valence-corrected chi connectivity index (χ3v) is 5.25. The van der Waals surface area contributed by atoms with Gasteiger partial charge in [0.2, 0.25) is 5.91 Å². The zero-order valence-corrected chi connectivity index (χ0v) is 15.1. The van der Waals surface area contributed by atoms with Crippen LogP contribution in [0.25, 0.3) is 0 Å². The lowest BCUT2D eigenvalue weighted by molar-refractivity contribution is -0.130. The summed E-state index contributed by atoms with van der Waals surface area (Å²) in [4.78, 5) is 29.9. The van der Waals surface area contributed by atoms with E-state index in [-0.39, 0.29) is 11.8 Å². The van der Waals surface area contributed by atoms with Crippen LogP contribution in [-0.2, 0) is 11.2 Å². The number of thiophene rings is 1. The number of benzene rings is 1. The second-order valence-electron chi connectivity index (χ2n) is 6.01. The molecule has 0 radical (unpaired) electrons. The van der Waals surface area contributed by atoms with E-state index < -0.39 is 0 Å². The van der Waals surface area contributed by atoms with Gasteiger partial charge < -0.3 is 14.5 Å². The van der Waals surface area contributed by atoms with Crippen molar-refractivity contribution in [1.29, 1.82) is 0 Å². The van der Waals surface area contributed by atoms with Crippen molar-refractivity contribution in [2.75, 3.05) is 33.3 Å². The highest BCUT2D eigenvalue weighted by Crippen LogP contribution is 2.16. The molecule has 1 aromatic carbocycles. The molecule has 25 heavy (non-hydrogen) atoms. The normalized spacial score (nSPS) is 14.9. The maximum absolute atomic E-state index is 12.7. The lowest BCUT2D eigenvalue weighted by atomic mass is 10.2. The van der Waals surface area contributed by atoms with Crippen molar-refractivity contribution in [2.45, 2.75) is 12.8 Å². The van der Waals surface area contributed by atoms with Gasteiger partial charge in [-0.15, -0.1) is 11.3 Å². The fraction of sp³-hybridized carbons (Fsp3) is 0.368. The van der Waals surface area contributed by atoms with Gasteiger partial charge in [-0.05, 0) is 42.1 Å². The van der Waals surface area contributed by atoms with Crippen molar-refractivity contribution in [1.82, 2.24) is 9.80 Å². The van der Waals surface area contributed by atoms with Crippen LogP contribution in [0.3, 0.4) is 0 Å². The summed E-state index contributed by atoms with van der Waals surface area (Å²) in [7, 11) is 1.60. The quantitative estimate of drug-likeness (QED) is 0.844. The molecule has 5 nitrogen and oxygen atoms in total. The van der Waals surface area contributed by atoms with E-state index >= 15 is 0 Å². The molecule has 6 heteroatoms. The molecular weight excluding hydrogens is 336 g/mol. The lowest BCUT2D eigenvalue weighted by Gasteiger charge is -2.22. The van der Waals surface area contributed by atoms with E-state index in [1.54, 1.807) is 42.7 Å². The topological polar surface area (TPSA) is 49.9 Å². The Balaban J connectivity index is 1.58. The number of carbonyl (C=O) groups excluding carboxylic acids is 2. The second kappa shape index (κ2) is 8.16. The molecule has 2 heterocycles. The minimum atomic E-state index is 0.00945. The Morgan fingerprint density at radius 1 is 1.04 bits per heavy atom. The first-order chi connectivity index (χ1) is 12.2. The molecule has 1 aliphatic rings. The fourth-order valence-corrected chi connectivity index (χ4v) is 3.66. The van der Waals surface area contributed by atoms with Crippen LogP contribution in [0.1, 0.15) is 21.7 Å². The Morgan fingerprint density at radius 3 is 2.44 bits per heavy atom. The maximum atomic E-state index is 12.7. The summed E-state index contributed by atoms with van der Waals surface area (Å²) in [6.45, 7) is 2.54. The molecule has 0 N–H and O–H groups in total. The van der Waals surface area contributed by atoms with Gasteiger partial charge in [0.05, 0.1) is 13.5 Å². The number of rotatable bonds is 4. The van der Waals surface area contributed by atoms with Gasteiger partial charge in [-0.3, -0.25) is 9.59 Å². The highest BCUT2D eigenvalue weighted by atomic mass is 32.1. The third kappa shape index (κ3) is 4.39. The van der Waals surface area contributed by atoms with E-state index in [0.29, 0.717) is 38.2 Å². The number of carbonyl (C=O) groups is 2. The predicted molar refractivity (Wildman–Crippen MR) is 98.1 cm³/mol. The molecule has 1 aliphatic heterocycles. The van der Waals surface area contributed by atoms with Crippen LogP contribution in [0, 0.1) is 0 Å². The molecular formula is C19H22N2O3S. The zero-order chi connectivity index (χ0) is 17.6. The molecule has 2 aromatic rings. The fourth-order valence-electron chi connectivity index (χ4n) is 2.96. The zero-order valence-electron chi connectivity index (χ0n) is 14.3. The maximum Gasteiger partial charge on any atom is 0.253 e. The van der Waals surface area contributed by atoms with E-state index in [1.165, 1.54) is 0 Å². The van der Waals surface area contributed by atoms with Gasteiger partial charge in [-0.25, -0.2) is 0 Å². The van der Waals surface area contributed by atoms with Crippen LogP contribution in [-0.4, -0.2) is 54.9 Å². The van der Waals surface area contributed by atoms with Gasteiger partial charge in [-0.1, -0.05) is 6.07 Å². The number of methoxy groups -OCH3 is 1. The second-order valence-corrected chi connectivity index (χ2v) is 7.04. The van der Waals surface area contributed by atoms with Crippen molar-refractivity contribution < 1.29 is 14.3 Å². The Bertz CT molecular complexity index is 713. The van der Waals surface area contributed by atoms with E-state index in [4.69, 9.17) is 4.74 Å². The van der Waals surface area contributed by atoms with Crippen LogP contribution in [0.5, 0.6) is 5.75 Å². The molecule has 1 saturated heterocycles. The molecule has 0 unspecified atom stereocenters. The number of amides is 2. The first-order valence-electron chi connectivity index (χ1n) is 8.41. The summed E-state index contributed by atoms with van der Waals surface area (Å²) in [5.74, 6) is 0.883. The first kappa shape index (κ1) is 17.5. The van der Waals surface area contributed by atoms with Crippen molar-refractivity contribution in [3.63, 3.8) is 0 Å². The van der Waals surface area contributed by atoms with E-state index in [2.05, 4.69) is 0 Å². The molecule has 1 aromatic heterocycles. The van der Waals surface area contributed by atoms with Gasteiger partial charge in [0.15, 0.2) is 0 Å². The molecule has 1 fully saturated rings. The van der Waals surface area contributed by atoms with Crippen molar-refractivity contribution in [3.8, 4) is 5.75 Å². The molecule has 132 valence electrons. The summed E-state index contributed by atoms with van der Waals surface area (Å²) < 4.78 is 5.13. The van der Waals surface area contributed by atoms with Crippen molar-refractivity contribution >= 4 is 23.2 Å². The lowest BCUT2D eigenvalue weighted by Crippen LogP contribution is -2.37. The van der Waals surface area contributed by atoms with Crippen molar-refractivity contribution in [3.05, 3.63) is 52.2 Å². The number of hydrogen-bond acceptors (Lipinski definition) is 4. The summed E-state index contributed by atoms with van der Waals surface area (Å²) in [6.07, 6.45) is 1.25. The molecule has 0 atom stereocenters. The molecule has 0 spiro atoms. The van der Waals surface area contributed by atoms with Crippen LogP contribution < -0.4 is 4.74 Å². The Labute approximate surface area is 151 Å². The van der Waals surface area contributed by atoms with E-state index in [0.717, 1.165) is 17.0 Å². The Kier molecular flexibility index (Phi) is 5.71. The molecule has 3 rings (SSSR count). The average molecular weight is 358 g/mol. The first-order valence-corrected chi connectivity index (χ1v) is 9.29. The van der Waals surface area contributed by atoms with E-state index in [1.807, 2.05) is 27.3 Å². The van der Waals surface area contributed by atoms with Gasteiger partial charge in [0.25, 0.3) is 5.91 Å². The predicted octanol–water partition coefficient (Wildman–Crippen LogP) is 2.67. The SMILES string of the molecule is COc1ccc(C(=O)N2CCCN(C(=O)Cc3cccs3)CC2)cc1. The summed E-state index contributed by atoms with van der Waals surface area (Å²) >= 11 is 1.60. The molecule has 0 aliphatic carbocycles. The van der Waals surface area contributed by atoms with Gasteiger partial charge >= 0.3 is 0 Å². The molecule has 0 saturated carbocycles. The van der Waals surface area contributed by atoms with Gasteiger partial charge in [0, 0.05) is 36.6 Å². The van der Waals surface area contributed by atoms with Gasteiger partial charge in [0.1, 0.15) is 5.75 Å². The average Bonchev–Trinajstić information content (AvgIpc) is 3.02. The van der Waals surface area contributed by atoms with Crippen LogP contribution >= 0.6 is 11.3 Å². The van der Waals surface area contributed by atoms with Crippen LogP contribution in [0.15, 0.2) is 41.8 Å². The largest absolute Gasteiger partial charge is 0.497 e. The number of nitrogens with zero attached hydrogens (tertiary/aromatic N) is 2. The number of ether oxygens (including phenoxy) is 1. The molecule has 0 bridgehead atoms. The van der Waals surface area contributed by atoms with Crippen LogP contribution in [0.4, 0.5) is 0 Å². The molecule has 2 amide bonds. The minimum absolute atomic E-state index is 0.00945. The van der Waals surface area contributed by atoms with Crippen LogP contribution in [0.2, 0.25) is 0 Å². The highest BCUT2D eigenvalue weighted by molar-refractivity contribution is 7.10. The van der Waals surface area contributed by atoms with E-state index in [9.17, 15) is 9.59 Å². The van der Waals surface area contributed by atoms with Gasteiger partial charge in [-0.2, -0.15) is 0 Å². The Morgan fingerprint density at radius 2 is 1.76 bits per heavy atom. The minimum Gasteiger partial charge on any atom is -0.497 e. The van der Waals surface area contributed by atoms with Crippen molar-refractivity contribution in [2.24, 2.45) is 0 Å². The standard InChI is InChI=1S/C19H22N2O3S/c1-24-16-7-5-15(6-8-16)19(23)21-10-3-9-20(11-12-21)18(22)14-17-4-2-13-25-17/h2,4-8,13H,3,9-12,14H2,1H3. The number of hydrogen-bond donors (Lipinski definition) is 0. The Hall–Kier alpha value is -2.34.